The number of carbonyl (C=O) groups excluding carboxylic acids is 3. The van der Waals surface area contributed by atoms with Crippen molar-refractivity contribution in [2.24, 2.45) is 0 Å². The molecule has 0 bridgehead atoms. The molecule has 0 spiro atoms. The molecule has 0 unspecified atom stereocenters. The van der Waals surface area contributed by atoms with Crippen molar-refractivity contribution in [3.05, 3.63) is 72.6 Å². The summed E-state index contributed by atoms with van der Waals surface area (Å²) in [7, 11) is 7.45. The van der Waals surface area contributed by atoms with Crippen molar-refractivity contribution in [3.8, 4) is 5.75 Å². The van der Waals surface area contributed by atoms with Gasteiger partial charge in [0, 0.05) is 50.2 Å². The Kier molecular flexibility index (Phi) is 11.2. The van der Waals surface area contributed by atoms with Gasteiger partial charge >= 0.3 is 0 Å². The molecule has 0 aliphatic rings. The van der Waals surface area contributed by atoms with Gasteiger partial charge in [-0.25, -0.2) is 9.97 Å². The summed E-state index contributed by atoms with van der Waals surface area (Å²) >= 11 is 0. The predicted molar refractivity (Wildman–Crippen MR) is 159 cm³/mol. The molecule has 0 radical (unpaired) electrons. The molecule has 12 nitrogen and oxygen atoms in total. The molecule has 3 rings (SSSR count). The molecule has 3 N–H and O–H groups in total. The third-order valence-electron chi connectivity index (χ3n) is 5.95. The second-order valence-corrected chi connectivity index (χ2v) is 9.18. The van der Waals surface area contributed by atoms with E-state index in [1.807, 2.05) is 32.1 Å². The van der Waals surface area contributed by atoms with Crippen LogP contribution in [0.5, 0.6) is 5.75 Å². The summed E-state index contributed by atoms with van der Waals surface area (Å²) in [4.78, 5) is 48.3. The number of hydrogen-bond acceptors (Lipinski definition) is 11. The van der Waals surface area contributed by atoms with Crippen molar-refractivity contribution < 1.29 is 23.9 Å². The van der Waals surface area contributed by atoms with Gasteiger partial charge in [0.25, 0.3) is 6.47 Å². The fourth-order valence-corrected chi connectivity index (χ4v) is 3.76. The second kappa shape index (κ2) is 15.0. The third-order valence-corrected chi connectivity index (χ3v) is 5.95. The first-order chi connectivity index (χ1) is 19.7. The number of ether oxygens (including phenoxy) is 2. The molecule has 41 heavy (non-hydrogen) atoms. The number of hydrogen-bond donors (Lipinski definition) is 3. The summed E-state index contributed by atoms with van der Waals surface area (Å²) in [5.74, 6) is 0.0328. The van der Waals surface area contributed by atoms with Crippen molar-refractivity contribution in [2.45, 2.75) is 0 Å². The normalized spacial score (nSPS) is 10.5. The third kappa shape index (κ3) is 8.77. The van der Waals surface area contributed by atoms with E-state index in [1.54, 1.807) is 37.4 Å². The first-order valence-electron chi connectivity index (χ1n) is 12.8. The summed E-state index contributed by atoms with van der Waals surface area (Å²) in [5, 5.41) is 9.06. The maximum atomic E-state index is 13.1. The zero-order valence-corrected chi connectivity index (χ0v) is 23.6. The minimum Gasteiger partial charge on any atom is -0.494 e. The molecule has 2 aromatic carbocycles. The van der Waals surface area contributed by atoms with Crippen LogP contribution in [0.1, 0.15) is 16.1 Å². The topological polar surface area (TPSA) is 138 Å². The fourth-order valence-electron chi connectivity index (χ4n) is 3.76. The number of benzene rings is 2. The Hall–Kier alpha value is -4.97. The monoisotopic (exact) mass is 561 g/mol. The molecular weight excluding hydrogens is 526 g/mol. The molecule has 12 heteroatoms. The van der Waals surface area contributed by atoms with Gasteiger partial charge in [-0.3, -0.25) is 14.4 Å². The Morgan fingerprint density at radius 2 is 1.80 bits per heavy atom. The van der Waals surface area contributed by atoms with E-state index in [2.05, 4.69) is 42.1 Å². The number of anilines is 5. The lowest BCUT2D eigenvalue weighted by atomic mass is 10.1. The lowest BCUT2D eigenvalue weighted by Gasteiger charge is -2.26. The van der Waals surface area contributed by atoms with Crippen LogP contribution in [-0.4, -0.2) is 87.5 Å². The van der Waals surface area contributed by atoms with Crippen LogP contribution in [0.25, 0.3) is 0 Å². The number of carbonyl (C=O) groups is 3. The van der Waals surface area contributed by atoms with E-state index in [4.69, 9.17) is 4.74 Å². The van der Waals surface area contributed by atoms with Gasteiger partial charge in [0.2, 0.25) is 17.6 Å². The van der Waals surface area contributed by atoms with E-state index in [0.29, 0.717) is 42.2 Å². The SMILES string of the molecule is C=CC(=O)Nc1cc(Nc2nccc(C(=O)c3ccc(NCCOC=O)cc3)n2)c(OC)cc1N(C)CCN(C)C. The molecule has 0 atom stereocenters. The Morgan fingerprint density at radius 3 is 2.46 bits per heavy atom. The van der Waals surface area contributed by atoms with Crippen LogP contribution in [0, 0.1) is 0 Å². The Labute approximate surface area is 239 Å². The summed E-state index contributed by atoms with van der Waals surface area (Å²) < 4.78 is 10.3. The molecule has 0 aliphatic carbocycles. The van der Waals surface area contributed by atoms with Gasteiger partial charge < -0.3 is 35.2 Å². The minimum atomic E-state index is -0.359. The standard InChI is InChI=1S/C29H35N7O5/c1-6-27(38)32-23-17-24(26(40-5)18-25(23)36(4)15-14-35(2)3)34-29-31-12-11-22(33-29)28(39)20-7-9-21(10-8-20)30-13-16-41-19-37/h6-12,17-19,30H,1,13-16H2,2-5H3,(H,32,38)(H,31,33,34). The van der Waals surface area contributed by atoms with Crippen LogP contribution in [0.3, 0.4) is 0 Å². The van der Waals surface area contributed by atoms with Gasteiger partial charge in [0.1, 0.15) is 18.1 Å². The Bertz CT molecular complexity index is 1360. The number of aromatic nitrogens is 2. The highest BCUT2D eigenvalue weighted by Crippen LogP contribution is 2.37. The maximum absolute atomic E-state index is 13.1. The lowest BCUT2D eigenvalue weighted by molar-refractivity contribution is -0.128. The summed E-state index contributed by atoms with van der Waals surface area (Å²) in [6, 6.07) is 12.0. The van der Waals surface area contributed by atoms with Gasteiger partial charge in [-0.15, -0.1) is 0 Å². The number of likely N-dealkylation sites (N-methyl/N-ethyl adjacent to an activating group) is 2. The summed E-state index contributed by atoms with van der Waals surface area (Å²) in [5.41, 5.74) is 3.21. The van der Waals surface area contributed by atoms with Gasteiger partial charge in [0.15, 0.2) is 0 Å². The van der Waals surface area contributed by atoms with Crippen LogP contribution in [0.4, 0.5) is 28.7 Å². The van der Waals surface area contributed by atoms with Gasteiger partial charge in [-0.2, -0.15) is 0 Å². The van der Waals surface area contributed by atoms with Gasteiger partial charge in [-0.05, 0) is 56.6 Å². The van der Waals surface area contributed by atoms with Crippen molar-refractivity contribution >= 4 is 46.9 Å². The van der Waals surface area contributed by atoms with E-state index < -0.39 is 0 Å². The number of amides is 1. The van der Waals surface area contributed by atoms with Crippen LogP contribution in [-0.2, 0) is 14.3 Å². The van der Waals surface area contributed by atoms with Crippen molar-refractivity contribution in [1.82, 2.24) is 14.9 Å². The molecular formula is C29H35N7O5. The smallest absolute Gasteiger partial charge is 0.293 e. The van der Waals surface area contributed by atoms with Crippen molar-refractivity contribution in [2.75, 3.05) is 75.3 Å². The number of rotatable bonds is 16. The zero-order chi connectivity index (χ0) is 29.8. The second-order valence-electron chi connectivity index (χ2n) is 9.18. The van der Waals surface area contributed by atoms with E-state index in [-0.39, 0.29) is 29.9 Å². The molecule has 0 aliphatic heterocycles. The van der Waals surface area contributed by atoms with E-state index in [0.717, 1.165) is 17.9 Å². The highest BCUT2D eigenvalue weighted by atomic mass is 16.5. The largest absolute Gasteiger partial charge is 0.494 e. The summed E-state index contributed by atoms with van der Waals surface area (Å²) in [6.07, 6.45) is 2.69. The molecule has 1 aromatic heterocycles. The molecule has 1 amide bonds. The van der Waals surface area contributed by atoms with Gasteiger partial charge in [-0.1, -0.05) is 6.58 Å². The number of nitrogens with zero attached hydrogens (tertiary/aromatic N) is 4. The molecule has 0 fully saturated rings. The Morgan fingerprint density at radius 1 is 1.05 bits per heavy atom. The molecule has 216 valence electrons. The maximum Gasteiger partial charge on any atom is 0.293 e. The highest BCUT2D eigenvalue weighted by molar-refractivity contribution is 6.08. The van der Waals surface area contributed by atoms with Gasteiger partial charge in [0.05, 0.1) is 24.2 Å². The van der Waals surface area contributed by atoms with Crippen LogP contribution < -0.4 is 25.6 Å². The Balaban J connectivity index is 1.84. The molecule has 0 saturated carbocycles. The molecule has 3 aromatic rings. The van der Waals surface area contributed by atoms with E-state index in [1.165, 1.54) is 18.3 Å². The quantitative estimate of drug-likeness (QED) is 0.103. The van der Waals surface area contributed by atoms with Crippen molar-refractivity contribution in [3.63, 3.8) is 0 Å². The van der Waals surface area contributed by atoms with Crippen LogP contribution >= 0.6 is 0 Å². The fraction of sp³-hybridized carbons (Fsp3) is 0.276. The average molecular weight is 562 g/mol. The zero-order valence-electron chi connectivity index (χ0n) is 23.6. The summed E-state index contributed by atoms with van der Waals surface area (Å²) in [6.45, 7) is 6.14. The highest BCUT2D eigenvalue weighted by Gasteiger charge is 2.17. The average Bonchev–Trinajstić information content (AvgIpc) is 2.98. The first-order valence-corrected chi connectivity index (χ1v) is 12.8. The number of ketones is 1. The predicted octanol–water partition coefficient (Wildman–Crippen LogP) is 3.17. The first kappa shape index (κ1) is 30.6. The van der Waals surface area contributed by atoms with Crippen molar-refractivity contribution in [1.29, 1.82) is 0 Å². The molecule has 0 saturated heterocycles. The van der Waals surface area contributed by atoms with E-state index in [9.17, 15) is 14.4 Å². The molecule has 1 heterocycles. The number of methoxy groups -OCH3 is 1. The minimum absolute atomic E-state index is 0.178. The van der Waals surface area contributed by atoms with Crippen LogP contribution in [0.2, 0.25) is 0 Å². The lowest BCUT2D eigenvalue weighted by Crippen LogP contribution is -2.29. The number of nitrogens with one attached hydrogen (secondary N) is 3. The van der Waals surface area contributed by atoms with E-state index >= 15 is 0 Å². The van der Waals surface area contributed by atoms with Crippen LogP contribution in [0.15, 0.2) is 61.3 Å².